The van der Waals surface area contributed by atoms with Crippen molar-refractivity contribution in [1.29, 1.82) is 0 Å². The van der Waals surface area contributed by atoms with Crippen molar-refractivity contribution < 1.29 is 24.2 Å². The molecule has 2 amide bonds. The second-order valence-electron chi connectivity index (χ2n) is 3.84. The molecule has 1 atom stereocenters. The Balaban J connectivity index is 2.68. The van der Waals surface area contributed by atoms with Crippen LogP contribution in [0.1, 0.15) is 0 Å². The maximum Gasteiger partial charge on any atom is 0.327 e. The Morgan fingerprint density at radius 3 is 2.72 bits per heavy atom. The number of rotatable bonds is 3. The average molecular weight is 276 g/mol. The van der Waals surface area contributed by atoms with Gasteiger partial charge in [-0.15, -0.1) is 0 Å². The fourth-order valence-electron chi connectivity index (χ4n) is 1.58. The predicted octanol–water partition coefficient (Wildman–Crippen LogP) is -0.287. The van der Waals surface area contributed by atoms with E-state index in [1.54, 1.807) is 0 Å². The maximum absolute atomic E-state index is 12.0. The van der Waals surface area contributed by atoms with Crippen LogP contribution in [0.25, 0.3) is 0 Å². The van der Waals surface area contributed by atoms with Gasteiger partial charge in [0.2, 0.25) is 0 Å². The molecule has 0 aromatic rings. The van der Waals surface area contributed by atoms with Crippen LogP contribution in [-0.2, 0) is 14.3 Å². The van der Waals surface area contributed by atoms with Crippen molar-refractivity contribution in [3.05, 3.63) is 0 Å². The number of carboxylic acids is 1. The summed E-state index contributed by atoms with van der Waals surface area (Å²) in [6.45, 7) is 0.178. The molecule has 1 aliphatic heterocycles. The van der Waals surface area contributed by atoms with Gasteiger partial charge in [-0.25, -0.2) is 9.59 Å². The van der Waals surface area contributed by atoms with Gasteiger partial charge >= 0.3 is 18.0 Å². The highest BCUT2D eigenvalue weighted by atomic mass is 32.2. The van der Waals surface area contributed by atoms with Crippen LogP contribution < -0.4 is 0 Å². The number of hydrogen-bond donors (Lipinski definition) is 1. The lowest BCUT2D eigenvalue weighted by atomic mass is 10.3. The zero-order chi connectivity index (χ0) is 13.7. The number of hydrogen-bond acceptors (Lipinski definition) is 5. The molecule has 1 rings (SSSR count). The summed E-state index contributed by atoms with van der Waals surface area (Å²) in [5.74, 6) is -0.500. The molecule has 1 saturated heterocycles. The highest BCUT2D eigenvalue weighted by molar-refractivity contribution is 7.99. The zero-order valence-corrected chi connectivity index (χ0v) is 11.1. The van der Waals surface area contributed by atoms with Crippen molar-refractivity contribution in [3.8, 4) is 0 Å². The van der Waals surface area contributed by atoms with Crippen molar-refractivity contribution in [2.24, 2.45) is 0 Å². The number of aliphatic carboxylic acids is 1. The summed E-state index contributed by atoms with van der Waals surface area (Å²) < 4.78 is 4.46. The van der Waals surface area contributed by atoms with Crippen LogP contribution in [0, 0.1) is 0 Å². The van der Waals surface area contributed by atoms with E-state index >= 15 is 0 Å². The molecule has 0 aromatic carbocycles. The third-order valence-corrected chi connectivity index (χ3v) is 3.60. The second kappa shape index (κ2) is 6.48. The van der Waals surface area contributed by atoms with Gasteiger partial charge in [-0.2, -0.15) is 11.8 Å². The molecular formula is C10H16N2O5S. The molecule has 102 valence electrons. The third-order valence-electron chi connectivity index (χ3n) is 2.58. The largest absolute Gasteiger partial charge is 0.480 e. The van der Waals surface area contributed by atoms with E-state index in [4.69, 9.17) is 5.11 Å². The van der Waals surface area contributed by atoms with Crippen LogP contribution in [-0.4, -0.2) is 77.7 Å². The lowest BCUT2D eigenvalue weighted by Gasteiger charge is -2.35. The minimum Gasteiger partial charge on any atom is -0.480 e. The number of nitrogens with zero attached hydrogens (tertiary/aromatic N) is 2. The monoisotopic (exact) mass is 276 g/mol. The molecule has 1 aliphatic rings. The Kier molecular flexibility index (Phi) is 5.26. The number of carbonyl (C=O) groups is 3. The van der Waals surface area contributed by atoms with Gasteiger partial charge in [-0.1, -0.05) is 0 Å². The van der Waals surface area contributed by atoms with Crippen LogP contribution in [0.15, 0.2) is 0 Å². The Morgan fingerprint density at radius 2 is 2.17 bits per heavy atom. The number of esters is 1. The second-order valence-corrected chi connectivity index (χ2v) is 4.99. The fourth-order valence-corrected chi connectivity index (χ4v) is 2.62. The van der Waals surface area contributed by atoms with Gasteiger partial charge in [0, 0.05) is 25.1 Å². The molecule has 1 unspecified atom stereocenters. The van der Waals surface area contributed by atoms with Gasteiger partial charge in [0.25, 0.3) is 0 Å². The normalized spacial score (nSPS) is 19.2. The number of carbonyl (C=O) groups excluding carboxylic acids is 2. The molecular weight excluding hydrogens is 260 g/mol. The van der Waals surface area contributed by atoms with E-state index in [1.807, 2.05) is 0 Å². The summed E-state index contributed by atoms with van der Waals surface area (Å²) in [7, 11) is 2.68. The van der Waals surface area contributed by atoms with Crippen LogP contribution in [0.5, 0.6) is 0 Å². The first-order chi connectivity index (χ1) is 8.47. The molecule has 0 spiro atoms. The molecule has 1 fully saturated rings. The lowest BCUT2D eigenvalue weighted by molar-refractivity contribution is -0.141. The minimum absolute atomic E-state index is 0.189. The SMILES string of the molecule is COC(=O)CN(C)C(=O)N1CCSCC1C(=O)O. The van der Waals surface area contributed by atoms with E-state index in [1.165, 1.54) is 30.8 Å². The fraction of sp³-hybridized carbons (Fsp3) is 0.700. The summed E-state index contributed by atoms with van der Waals surface area (Å²) in [5.41, 5.74) is 0. The Labute approximate surface area is 109 Å². The quantitative estimate of drug-likeness (QED) is 0.713. The number of urea groups is 1. The molecule has 0 bridgehead atoms. The van der Waals surface area contributed by atoms with Crippen LogP contribution in [0.3, 0.4) is 0 Å². The van der Waals surface area contributed by atoms with Crippen molar-refractivity contribution in [3.63, 3.8) is 0 Å². The van der Waals surface area contributed by atoms with Crippen molar-refractivity contribution >= 4 is 29.7 Å². The summed E-state index contributed by atoms with van der Waals surface area (Å²) in [4.78, 5) is 36.6. The molecule has 0 aromatic heterocycles. The Hall–Kier alpha value is -1.44. The Bertz CT molecular complexity index is 349. The van der Waals surface area contributed by atoms with E-state index in [0.717, 1.165) is 4.90 Å². The maximum atomic E-state index is 12.0. The van der Waals surface area contributed by atoms with Crippen LogP contribution in [0.4, 0.5) is 4.79 Å². The molecule has 7 nitrogen and oxygen atoms in total. The lowest BCUT2D eigenvalue weighted by Crippen LogP contribution is -2.54. The number of ether oxygens (including phenoxy) is 1. The number of methoxy groups -OCH3 is 1. The first kappa shape index (κ1) is 14.6. The Morgan fingerprint density at radius 1 is 1.50 bits per heavy atom. The number of likely N-dealkylation sites (N-methyl/N-ethyl adjacent to an activating group) is 1. The molecule has 1 N–H and O–H groups in total. The van der Waals surface area contributed by atoms with Gasteiger partial charge in [0.1, 0.15) is 12.6 Å². The molecule has 8 heteroatoms. The van der Waals surface area contributed by atoms with E-state index in [0.29, 0.717) is 18.1 Å². The number of carboxylic acid groups (broad SMARTS) is 1. The molecule has 1 heterocycles. The zero-order valence-electron chi connectivity index (χ0n) is 10.3. The van der Waals surface area contributed by atoms with E-state index in [-0.39, 0.29) is 6.54 Å². The van der Waals surface area contributed by atoms with Gasteiger partial charge in [-0.05, 0) is 0 Å². The molecule has 0 aliphatic carbocycles. The standard InChI is InChI=1S/C10H16N2O5S/c1-11(5-8(13)17-2)10(16)12-3-4-18-6-7(12)9(14)15/h7H,3-6H2,1-2H3,(H,14,15). The summed E-state index contributed by atoms with van der Waals surface area (Å²) in [6, 6.07) is -1.30. The predicted molar refractivity (Wildman–Crippen MR) is 65.5 cm³/mol. The highest BCUT2D eigenvalue weighted by Crippen LogP contribution is 2.18. The number of thioether (sulfide) groups is 1. The number of amides is 2. The van der Waals surface area contributed by atoms with Crippen molar-refractivity contribution in [2.45, 2.75) is 6.04 Å². The minimum atomic E-state index is -1.03. The highest BCUT2D eigenvalue weighted by Gasteiger charge is 2.34. The smallest absolute Gasteiger partial charge is 0.327 e. The summed E-state index contributed by atoms with van der Waals surface area (Å²) in [5, 5.41) is 9.05. The first-order valence-electron chi connectivity index (χ1n) is 5.36. The van der Waals surface area contributed by atoms with Gasteiger partial charge < -0.3 is 19.6 Å². The molecule has 0 saturated carbocycles. The van der Waals surface area contributed by atoms with Gasteiger partial charge in [0.05, 0.1) is 7.11 Å². The van der Waals surface area contributed by atoms with E-state index < -0.39 is 24.0 Å². The molecule has 18 heavy (non-hydrogen) atoms. The topological polar surface area (TPSA) is 87.2 Å². The third kappa shape index (κ3) is 3.52. The van der Waals surface area contributed by atoms with Crippen molar-refractivity contribution in [2.75, 3.05) is 38.8 Å². The van der Waals surface area contributed by atoms with E-state index in [9.17, 15) is 14.4 Å². The summed E-state index contributed by atoms with van der Waals surface area (Å²) >= 11 is 1.50. The van der Waals surface area contributed by atoms with Gasteiger partial charge in [0.15, 0.2) is 0 Å². The first-order valence-corrected chi connectivity index (χ1v) is 6.52. The van der Waals surface area contributed by atoms with Crippen LogP contribution in [0.2, 0.25) is 0 Å². The molecule has 0 radical (unpaired) electrons. The van der Waals surface area contributed by atoms with Crippen LogP contribution >= 0.6 is 11.8 Å². The van der Waals surface area contributed by atoms with Crippen molar-refractivity contribution in [1.82, 2.24) is 9.80 Å². The summed E-state index contributed by atoms with van der Waals surface area (Å²) in [6.07, 6.45) is 0. The average Bonchev–Trinajstić information content (AvgIpc) is 2.37. The van der Waals surface area contributed by atoms with E-state index in [2.05, 4.69) is 4.74 Å². The van der Waals surface area contributed by atoms with Gasteiger partial charge in [-0.3, -0.25) is 4.79 Å².